The molecule has 2 aromatic rings. The minimum absolute atomic E-state index is 0.850. The fraction of sp³-hybridized carbons (Fsp3) is 0.200. The van der Waals surface area contributed by atoms with E-state index in [-0.39, 0.29) is 0 Å². The summed E-state index contributed by atoms with van der Waals surface area (Å²) in [5.41, 5.74) is 0.968. The molecule has 3 rings (SSSR count). The van der Waals surface area contributed by atoms with Crippen LogP contribution < -0.4 is 4.80 Å². The Kier molecular flexibility index (Phi) is 2.34. The highest BCUT2D eigenvalue weighted by Gasteiger charge is 2.12. The quantitative estimate of drug-likeness (QED) is 0.759. The fourth-order valence-corrected chi connectivity index (χ4v) is 3.48. The number of nitrogens with zero attached hydrogens (tertiary/aromatic N) is 3. The lowest BCUT2D eigenvalue weighted by molar-refractivity contribution is 0.773. The Morgan fingerprint density at radius 2 is 2.13 bits per heavy atom. The van der Waals surface area contributed by atoms with Gasteiger partial charge in [-0.05, 0) is 23.7 Å². The van der Waals surface area contributed by atoms with Gasteiger partial charge in [0.2, 0.25) is 4.80 Å². The average Bonchev–Trinajstić information content (AvgIpc) is 2.79. The summed E-state index contributed by atoms with van der Waals surface area (Å²) in [4.78, 5) is 9.79. The molecule has 0 fully saturated rings. The predicted molar refractivity (Wildman–Crippen MR) is 62.5 cm³/mol. The van der Waals surface area contributed by atoms with Crippen molar-refractivity contribution in [1.82, 2.24) is 8.94 Å². The number of rotatable bonds is 1. The van der Waals surface area contributed by atoms with Crippen molar-refractivity contribution >= 4 is 29.0 Å². The fourth-order valence-electron chi connectivity index (χ4n) is 1.42. The van der Waals surface area contributed by atoms with Gasteiger partial charge in [0.1, 0.15) is 0 Å². The van der Waals surface area contributed by atoms with Gasteiger partial charge in [-0.15, -0.1) is 0 Å². The normalized spacial score (nSPS) is 15.6. The van der Waals surface area contributed by atoms with Crippen molar-refractivity contribution in [3.63, 3.8) is 0 Å². The molecule has 76 valence electrons. The van der Waals surface area contributed by atoms with Gasteiger partial charge in [0.15, 0.2) is 5.16 Å². The third-order valence-electron chi connectivity index (χ3n) is 2.10. The zero-order valence-electron chi connectivity index (χ0n) is 7.96. The number of thioether (sulfide) groups is 1. The molecule has 1 aromatic heterocycles. The maximum atomic E-state index is 4.48. The summed E-state index contributed by atoms with van der Waals surface area (Å²) in [6.07, 6.45) is 0. The molecular weight excluding hydrogens is 226 g/mol. The third-order valence-corrected chi connectivity index (χ3v) is 4.10. The number of fused-ring (bicyclic) bond motifs is 1. The van der Waals surface area contributed by atoms with Crippen LogP contribution >= 0.6 is 23.3 Å². The number of aryl methyl sites for hydroxylation is 1. The highest BCUT2D eigenvalue weighted by molar-refractivity contribution is 7.99. The molecule has 1 aromatic carbocycles. The average molecular weight is 235 g/mol. The molecule has 1 aliphatic rings. The van der Waals surface area contributed by atoms with Crippen LogP contribution in [-0.4, -0.2) is 14.7 Å². The smallest absolute Gasteiger partial charge is 0.228 e. The Bertz CT molecular complexity index is 503. The Morgan fingerprint density at radius 1 is 1.27 bits per heavy atom. The van der Waals surface area contributed by atoms with Crippen molar-refractivity contribution in [2.75, 3.05) is 5.75 Å². The largest absolute Gasteiger partial charge is 0.272 e. The summed E-state index contributed by atoms with van der Waals surface area (Å²) in [5, 5.41) is 1.11. The molecule has 1 aliphatic heterocycles. The second-order valence-corrected chi connectivity index (χ2v) is 5.22. The maximum absolute atomic E-state index is 4.48. The first-order chi connectivity index (χ1) is 7.42. The van der Waals surface area contributed by atoms with Crippen molar-refractivity contribution in [2.45, 2.75) is 11.7 Å². The molecule has 0 atom stereocenters. The lowest BCUT2D eigenvalue weighted by Crippen LogP contribution is -1.96. The number of aromatic nitrogens is 2. The highest BCUT2D eigenvalue weighted by Crippen LogP contribution is 2.23. The summed E-state index contributed by atoms with van der Waals surface area (Å²) in [6.45, 7) is 1.07. The van der Waals surface area contributed by atoms with Gasteiger partial charge in [-0.1, -0.05) is 30.0 Å². The van der Waals surface area contributed by atoms with Gasteiger partial charge < -0.3 is 0 Å². The van der Waals surface area contributed by atoms with Crippen LogP contribution in [0.2, 0.25) is 0 Å². The van der Waals surface area contributed by atoms with Gasteiger partial charge >= 0.3 is 0 Å². The van der Waals surface area contributed by atoms with Crippen LogP contribution in [-0.2, 0) is 6.54 Å². The van der Waals surface area contributed by atoms with Crippen molar-refractivity contribution < 1.29 is 0 Å². The molecule has 0 saturated carbocycles. The zero-order chi connectivity index (χ0) is 10.1. The van der Waals surface area contributed by atoms with Crippen molar-refractivity contribution in [3.05, 3.63) is 35.1 Å². The number of hydrogen-bond acceptors (Lipinski definition) is 4. The van der Waals surface area contributed by atoms with Gasteiger partial charge in [-0.25, -0.2) is 4.99 Å². The van der Waals surface area contributed by atoms with Gasteiger partial charge in [0, 0.05) is 12.3 Å². The molecule has 0 unspecified atom stereocenters. The summed E-state index contributed by atoms with van der Waals surface area (Å²) in [7, 11) is 0. The van der Waals surface area contributed by atoms with Crippen LogP contribution in [0.1, 0.15) is 0 Å². The molecule has 0 spiro atoms. The van der Waals surface area contributed by atoms with E-state index in [4.69, 9.17) is 0 Å². The summed E-state index contributed by atoms with van der Waals surface area (Å²) in [5.74, 6) is 1.14. The monoisotopic (exact) mass is 235 g/mol. The van der Waals surface area contributed by atoms with Gasteiger partial charge in [-0.3, -0.25) is 3.96 Å². The topological polar surface area (TPSA) is 30.2 Å². The Balaban J connectivity index is 2.03. The van der Waals surface area contributed by atoms with E-state index in [1.54, 1.807) is 23.3 Å². The molecule has 5 heteroatoms. The molecule has 0 aliphatic carbocycles. The number of para-hydroxylation sites is 1. The van der Waals surface area contributed by atoms with E-state index < -0.39 is 0 Å². The number of benzene rings is 1. The van der Waals surface area contributed by atoms with Crippen LogP contribution in [0.25, 0.3) is 0 Å². The lowest BCUT2D eigenvalue weighted by Gasteiger charge is -1.88. The van der Waals surface area contributed by atoms with Crippen molar-refractivity contribution in [1.29, 1.82) is 0 Å². The molecule has 0 N–H and O–H groups in total. The van der Waals surface area contributed by atoms with E-state index >= 15 is 0 Å². The van der Waals surface area contributed by atoms with E-state index in [9.17, 15) is 0 Å². The van der Waals surface area contributed by atoms with Crippen LogP contribution in [0.4, 0.5) is 5.69 Å². The highest BCUT2D eigenvalue weighted by atomic mass is 32.2. The Labute approximate surface area is 95.7 Å². The zero-order valence-corrected chi connectivity index (χ0v) is 9.59. The van der Waals surface area contributed by atoms with Crippen LogP contribution in [0.15, 0.2) is 40.5 Å². The second kappa shape index (κ2) is 3.83. The van der Waals surface area contributed by atoms with Crippen LogP contribution in [0, 0.1) is 0 Å². The van der Waals surface area contributed by atoms with E-state index in [0.717, 1.165) is 27.9 Å². The van der Waals surface area contributed by atoms with Crippen LogP contribution in [0.3, 0.4) is 0 Å². The predicted octanol–water partition coefficient (Wildman–Crippen LogP) is 2.28. The summed E-state index contributed by atoms with van der Waals surface area (Å²) in [6, 6.07) is 9.95. The van der Waals surface area contributed by atoms with E-state index in [1.807, 2.05) is 30.3 Å². The first kappa shape index (κ1) is 9.18. The minimum atomic E-state index is 0.850. The third kappa shape index (κ3) is 1.85. The molecule has 0 radical (unpaired) electrons. The lowest BCUT2D eigenvalue weighted by atomic mass is 10.3. The molecule has 15 heavy (non-hydrogen) atoms. The van der Waals surface area contributed by atoms with E-state index in [2.05, 4.69) is 13.9 Å². The standard InChI is InChI=1S/C10H9N3S2/c1-2-4-8(5-3-1)11-9-12-10-13(15-9)6-7-14-10/h1-5H,6-7H2. The first-order valence-corrected chi connectivity index (χ1v) is 6.48. The molecular formula is C10H9N3S2. The Hall–Kier alpha value is -1.07. The summed E-state index contributed by atoms with van der Waals surface area (Å²) >= 11 is 3.44. The summed E-state index contributed by atoms with van der Waals surface area (Å²) < 4.78 is 2.20. The van der Waals surface area contributed by atoms with Gasteiger partial charge in [-0.2, -0.15) is 4.98 Å². The van der Waals surface area contributed by atoms with Crippen molar-refractivity contribution in [2.24, 2.45) is 4.99 Å². The van der Waals surface area contributed by atoms with Gasteiger partial charge in [0.05, 0.1) is 5.69 Å². The van der Waals surface area contributed by atoms with Crippen LogP contribution in [0.5, 0.6) is 0 Å². The number of hydrogen-bond donors (Lipinski definition) is 0. The SMILES string of the molecule is c1ccc(N=c2nc3n(s2)CCS3)cc1. The molecule has 0 saturated heterocycles. The Morgan fingerprint density at radius 3 is 2.93 bits per heavy atom. The second-order valence-electron chi connectivity index (χ2n) is 3.17. The van der Waals surface area contributed by atoms with Crippen molar-refractivity contribution in [3.8, 4) is 0 Å². The minimum Gasteiger partial charge on any atom is -0.272 e. The molecule has 0 amide bonds. The van der Waals surface area contributed by atoms with Gasteiger partial charge in [0.25, 0.3) is 0 Å². The molecule has 0 bridgehead atoms. The molecule has 2 heterocycles. The first-order valence-electron chi connectivity index (χ1n) is 4.72. The van der Waals surface area contributed by atoms with E-state index in [0.29, 0.717) is 0 Å². The van der Waals surface area contributed by atoms with E-state index in [1.165, 1.54) is 0 Å². The molecule has 3 nitrogen and oxygen atoms in total. The maximum Gasteiger partial charge on any atom is 0.228 e.